The smallest absolute Gasteiger partial charge is 0.140 e. The molecule has 0 atom stereocenters. The van der Waals surface area contributed by atoms with Crippen molar-refractivity contribution in [3.05, 3.63) is 35.1 Å². The van der Waals surface area contributed by atoms with Gasteiger partial charge in [-0.15, -0.1) is 0 Å². The second kappa shape index (κ2) is 6.94. The van der Waals surface area contributed by atoms with Gasteiger partial charge in [-0.3, -0.25) is 0 Å². The Morgan fingerprint density at radius 2 is 2.06 bits per heavy atom. The van der Waals surface area contributed by atoms with Gasteiger partial charge in [-0.25, -0.2) is 4.39 Å². The zero-order chi connectivity index (χ0) is 11.8. The van der Waals surface area contributed by atoms with E-state index in [1.807, 2.05) is 6.92 Å². The molecule has 0 aromatic heterocycles. The zero-order valence-corrected chi connectivity index (χ0v) is 9.20. The van der Waals surface area contributed by atoms with Crippen molar-refractivity contribution >= 4 is 0 Å². The Bertz CT molecular complexity index is 374. The number of nitrogens with zero attached hydrogens (tertiary/aromatic N) is 1. The third-order valence-electron chi connectivity index (χ3n) is 2.00. The Hall–Kier alpha value is -1.44. The quantitative estimate of drug-likeness (QED) is 0.694. The highest BCUT2D eigenvalue weighted by atomic mass is 19.1. The first kappa shape index (κ1) is 12.6. The number of ether oxygens (including phenoxy) is 2. The van der Waals surface area contributed by atoms with Crippen molar-refractivity contribution in [1.82, 2.24) is 0 Å². The standard InChI is InChI=1S/C12H14FNO2/c1-2-15-5-6-16-9-10-3-4-12(13)11(7-10)8-14/h3-4,7H,2,5-6,9H2,1H3. The van der Waals surface area contributed by atoms with Gasteiger partial charge in [-0.1, -0.05) is 6.07 Å². The first-order chi connectivity index (χ1) is 7.77. The van der Waals surface area contributed by atoms with Crippen LogP contribution in [0.5, 0.6) is 0 Å². The summed E-state index contributed by atoms with van der Waals surface area (Å²) in [4.78, 5) is 0. The molecule has 0 aliphatic carbocycles. The molecule has 86 valence electrons. The molecule has 0 amide bonds. The van der Waals surface area contributed by atoms with Crippen LogP contribution in [0.3, 0.4) is 0 Å². The molecule has 0 fully saturated rings. The third kappa shape index (κ3) is 3.97. The van der Waals surface area contributed by atoms with Crippen LogP contribution >= 0.6 is 0 Å². The van der Waals surface area contributed by atoms with Gasteiger partial charge in [0.05, 0.1) is 25.4 Å². The Morgan fingerprint density at radius 3 is 2.75 bits per heavy atom. The molecule has 4 heteroatoms. The van der Waals surface area contributed by atoms with Crippen molar-refractivity contribution in [2.75, 3.05) is 19.8 Å². The summed E-state index contributed by atoms with van der Waals surface area (Å²) in [6.07, 6.45) is 0. The fourth-order valence-electron chi connectivity index (χ4n) is 1.20. The van der Waals surface area contributed by atoms with Gasteiger partial charge in [0.25, 0.3) is 0 Å². The Balaban J connectivity index is 2.40. The van der Waals surface area contributed by atoms with E-state index in [0.29, 0.717) is 26.4 Å². The van der Waals surface area contributed by atoms with Crippen LogP contribution in [0.15, 0.2) is 18.2 Å². The molecule has 0 bridgehead atoms. The minimum atomic E-state index is -0.499. The summed E-state index contributed by atoms with van der Waals surface area (Å²) in [5, 5.41) is 8.63. The summed E-state index contributed by atoms with van der Waals surface area (Å²) in [5.41, 5.74) is 0.834. The number of hydrogen-bond donors (Lipinski definition) is 0. The van der Waals surface area contributed by atoms with Crippen LogP contribution in [0.1, 0.15) is 18.1 Å². The van der Waals surface area contributed by atoms with Gasteiger partial charge in [0, 0.05) is 6.61 Å². The normalized spacial score (nSPS) is 10.1. The summed E-state index contributed by atoms with van der Waals surface area (Å²) in [7, 11) is 0. The lowest BCUT2D eigenvalue weighted by atomic mass is 10.1. The number of rotatable bonds is 6. The fraction of sp³-hybridized carbons (Fsp3) is 0.417. The van der Waals surface area contributed by atoms with Crippen LogP contribution in [-0.4, -0.2) is 19.8 Å². The molecule has 1 aromatic carbocycles. The molecule has 0 saturated heterocycles. The molecule has 0 heterocycles. The number of hydrogen-bond acceptors (Lipinski definition) is 3. The Kier molecular flexibility index (Phi) is 5.48. The molecule has 1 rings (SSSR count). The largest absolute Gasteiger partial charge is 0.379 e. The van der Waals surface area contributed by atoms with Crippen LogP contribution < -0.4 is 0 Å². The SMILES string of the molecule is CCOCCOCc1ccc(F)c(C#N)c1. The summed E-state index contributed by atoms with van der Waals surface area (Å²) >= 11 is 0. The number of halogens is 1. The van der Waals surface area contributed by atoms with Crippen LogP contribution in [0.4, 0.5) is 4.39 Å². The number of nitriles is 1. The van der Waals surface area contributed by atoms with Crippen LogP contribution in [0.25, 0.3) is 0 Å². The van der Waals surface area contributed by atoms with Gasteiger partial charge in [0.1, 0.15) is 11.9 Å². The molecule has 1 aromatic rings. The molecule has 0 spiro atoms. The zero-order valence-electron chi connectivity index (χ0n) is 9.20. The molecule has 0 saturated carbocycles. The molecule has 0 aliphatic rings. The Labute approximate surface area is 94.4 Å². The highest BCUT2D eigenvalue weighted by Crippen LogP contribution is 2.10. The van der Waals surface area contributed by atoms with Gasteiger partial charge in [0.15, 0.2) is 0 Å². The molecular formula is C12H14FNO2. The first-order valence-electron chi connectivity index (χ1n) is 5.12. The molecule has 0 N–H and O–H groups in total. The highest BCUT2D eigenvalue weighted by Gasteiger charge is 2.02. The van der Waals surface area contributed by atoms with Crippen molar-refractivity contribution in [1.29, 1.82) is 5.26 Å². The van der Waals surface area contributed by atoms with E-state index >= 15 is 0 Å². The summed E-state index contributed by atoms with van der Waals surface area (Å²) in [6, 6.07) is 6.17. The van der Waals surface area contributed by atoms with E-state index in [2.05, 4.69) is 0 Å². The monoisotopic (exact) mass is 223 g/mol. The maximum atomic E-state index is 13.0. The first-order valence-corrected chi connectivity index (χ1v) is 5.12. The van der Waals surface area contributed by atoms with Crippen molar-refractivity contribution in [2.24, 2.45) is 0 Å². The van der Waals surface area contributed by atoms with E-state index in [1.54, 1.807) is 12.1 Å². The maximum absolute atomic E-state index is 13.0. The summed E-state index contributed by atoms with van der Waals surface area (Å²) in [6.45, 7) is 3.98. The molecule has 16 heavy (non-hydrogen) atoms. The second-order valence-corrected chi connectivity index (χ2v) is 3.18. The van der Waals surface area contributed by atoms with Gasteiger partial charge in [-0.05, 0) is 24.6 Å². The average Bonchev–Trinajstić information content (AvgIpc) is 2.31. The third-order valence-corrected chi connectivity index (χ3v) is 2.00. The molecule has 0 radical (unpaired) electrons. The van der Waals surface area contributed by atoms with Gasteiger partial charge >= 0.3 is 0 Å². The molecule has 3 nitrogen and oxygen atoms in total. The topological polar surface area (TPSA) is 42.2 Å². The molecular weight excluding hydrogens is 209 g/mol. The van der Waals surface area contributed by atoms with E-state index in [-0.39, 0.29) is 5.56 Å². The summed E-state index contributed by atoms with van der Waals surface area (Å²) < 4.78 is 23.4. The van der Waals surface area contributed by atoms with Crippen molar-refractivity contribution < 1.29 is 13.9 Å². The van der Waals surface area contributed by atoms with Crippen LogP contribution in [0.2, 0.25) is 0 Å². The molecule has 0 aliphatic heterocycles. The van der Waals surface area contributed by atoms with Gasteiger partial charge < -0.3 is 9.47 Å². The van der Waals surface area contributed by atoms with Crippen molar-refractivity contribution in [3.8, 4) is 6.07 Å². The van der Waals surface area contributed by atoms with Gasteiger partial charge in [-0.2, -0.15) is 5.26 Å². The predicted molar refractivity (Wildman–Crippen MR) is 57.3 cm³/mol. The predicted octanol–water partition coefficient (Wildman–Crippen LogP) is 2.25. The Morgan fingerprint density at radius 1 is 1.31 bits per heavy atom. The van der Waals surface area contributed by atoms with Crippen LogP contribution in [0, 0.1) is 17.1 Å². The van der Waals surface area contributed by atoms with Crippen molar-refractivity contribution in [2.45, 2.75) is 13.5 Å². The minimum Gasteiger partial charge on any atom is -0.379 e. The lowest BCUT2D eigenvalue weighted by molar-refractivity contribution is 0.0453. The van der Waals surface area contributed by atoms with E-state index in [0.717, 1.165) is 5.56 Å². The van der Waals surface area contributed by atoms with Crippen LogP contribution in [-0.2, 0) is 16.1 Å². The lowest BCUT2D eigenvalue weighted by Crippen LogP contribution is -2.04. The summed E-state index contributed by atoms with van der Waals surface area (Å²) in [5.74, 6) is -0.499. The lowest BCUT2D eigenvalue weighted by Gasteiger charge is -2.05. The fourth-order valence-corrected chi connectivity index (χ4v) is 1.20. The van der Waals surface area contributed by atoms with E-state index < -0.39 is 5.82 Å². The second-order valence-electron chi connectivity index (χ2n) is 3.18. The molecule has 0 unspecified atom stereocenters. The van der Waals surface area contributed by atoms with Crippen molar-refractivity contribution in [3.63, 3.8) is 0 Å². The van der Waals surface area contributed by atoms with E-state index in [4.69, 9.17) is 14.7 Å². The minimum absolute atomic E-state index is 0.0471. The van der Waals surface area contributed by atoms with E-state index in [1.165, 1.54) is 12.1 Å². The number of benzene rings is 1. The average molecular weight is 223 g/mol. The van der Waals surface area contributed by atoms with Gasteiger partial charge in [0.2, 0.25) is 0 Å². The van der Waals surface area contributed by atoms with E-state index in [9.17, 15) is 4.39 Å². The highest BCUT2D eigenvalue weighted by molar-refractivity contribution is 5.34. The maximum Gasteiger partial charge on any atom is 0.140 e.